The van der Waals surface area contributed by atoms with Gasteiger partial charge in [-0.25, -0.2) is 8.78 Å². The van der Waals surface area contributed by atoms with Crippen molar-refractivity contribution in [1.29, 1.82) is 0 Å². The van der Waals surface area contributed by atoms with Gasteiger partial charge in [0.25, 0.3) is 6.43 Å². The van der Waals surface area contributed by atoms with Crippen molar-refractivity contribution >= 4 is 0 Å². The Bertz CT molecular complexity index is 627. The molecule has 0 atom stereocenters. The van der Waals surface area contributed by atoms with Crippen molar-refractivity contribution in [2.24, 2.45) is 0 Å². The standard InChI is InChI=1S/C17H20F2N2/c1-11(2)15-6-4-3-5-12(15)9-14-10-16(17(18)19)20-21(14)13-7-8-13/h3-6,10-11,13,17H,7-9H2,1-2H3. The lowest BCUT2D eigenvalue weighted by Crippen LogP contribution is -2.05. The fourth-order valence-electron chi connectivity index (χ4n) is 2.78. The van der Waals surface area contributed by atoms with Gasteiger partial charge < -0.3 is 0 Å². The van der Waals surface area contributed by atoms with Crippen molar-refractivity contribution in [1.82, 2.24) is 9.78 Å². The van der Waals surface area contributed by atoms with E-state index in [1.807, 2.05) is 16.8 Å². The third-order valence-electron chi connectivity index (χ3n) is 4.00. The molecule has 1 aromatic carbocycles. The molecule has 1 aliphatic carbocycles. The highest BCUT2D eigenvalue weighted by molar-refractivity contribution is 5.33. The first-order valence-electron chi connectivity index (χ1n) is 7.50. The van der Waals surface area contributed by atoms with Gasteiger partial charge in [0, 0.05) is 12.1 Å². The Balaban J connectivity index is 1.94. The highest BCUT2D eigenvalue weighted by Crippen LogP contribution is 2.37. The minimum Gasteiger partial charge on any atom is -0.266 e. The third kappa shape index (κ3) is 2.99. The molecule has 0 radical (unpaired) electrons. The van der Waals surface area contributed by atoms with E-state index in [-0.39, 0.29) is 5.69 Å². The molecule has 4 heteroatoms. The van der Waals surface area contributed by atoms with E-state index in [0.29, 0.717) is 18.4 Å². The molecule has 3 rings (SSSR count). The molecule has 1 fully saturated rings. The molecule has 1 aromatic heterocycles. The highest BCUT2D eigenvalue weighted by atomic mass is 19.3. The molecule has 0 spiro atoms. The first-order chi connectivity index (χ1) is 10.1. The van der Waals surface area contributed by atoms with Crippen molar-refractivity contribution in [2.75, 3.05) is 0 Å². The van der Waals surface area contributed by atoms with Crippen LogP contribution in [-0.4, -0.2) is 9.78 Å². The summed E-state index contributed by atoms with van der Waals surface area (Å²) in [5.41, 5.74) is 3.29. The van der Waals surface area contributed by atoms with Gasteiger partial charge in [-0.2, -0.15) is 5.10 Å². The number of benzene rings is 1. The molecule has 0 amide bonds. The second kappa shape index (κ2) is 5.58. The molecule has 1 aliphatic rings. The van der Waals surface area contributed by atoms with Crippen LogP contribution in [0.25, 0.3) is 0 Å². The fraction of sp³-hybridized carbons (Fsp3) is 0.471. The average Bonchev–Trinajstić information content (AvgIpc) is 3.20. The maximum Gasteiger partial charge on any atom is 0.282 e. The minimum atomic E-state index is -2.50. The largest absolute Gasteiger partial charge is 0.282 e. The molecule has 0 bridgehead atoms. The van der Waals surface area contributed by atoms with Gasteiger partial charge in [0.1, 0.15) is 5.69 Å². The summed E-state index contributed by atoms with van der Waals surface area (Å²) in [6.45, 7) is 4.31. The lowest BCUT2D eigenvalue weighted by Gasteiger charge is -2.13. The van der Waals surface area contributed by atoms with Crippen molar-refractivity contribution in [3.63, 3.8) is 0 Å². The molecule has 1 saturated carbocycles. The quantitative estimate of drug-likeness (QED) is 0.768. The summed E-state index contributed by atoms with van der Waals surface area (Å²) in [4.78, 5) is 0. The second-order valence-electron chi connectivity index (χ2n) is 6.07. The molecular formula is C17H20F2N2. The lowest BCUT2D eigenvalue weighted by molar-refractivity contribution is 0.145. The van der Waals surface area contributed by atoms with Gasteiger partial charge in [0.2, 0.25) is 0 Å². The van der Waals surface area contributed by atoms with Gasteiger partial charge in [-0.15, -0.1) is 0 Å². The second-order valence-corrected chi connectivity index (χ2v) is 6.07. The monoisotopic (exact) mass is 290 g/mol. The normalized spacial score (nSPS) is 15.1. The third-order valence-corrected chi connectivity index (χ3v) is 4.00. The number of hydrogen-bond acceptors (Lipinski definition) is 1. The first-order valence-corrected chi connectivity index (χ1v) is 7.50. The Labute approximate surface area is 123 Å². The van der Waals surface area contributed by atoms with E-state index in [9.17, 15) is 8.78 Å². The summed E-state index contributed by atoms with van der Waals surface area (Å²) >= 11 is 0. The molecule has 0 unspecified atom stereocenters. The zero-order chi connectivity index (χ0) is 15.0. The Morgan fingerprint density at radius 2 is 1.95 bits per heavy atom. The van der Waals surface area contributed by atoms with Crippen LogP contribution in [0.15, 0.2) is 30.3 Å². The molecule has 2 aromatic rings. The van der Waals surface area contributed by atoms with Crippen LogP contribution >= 0.6 is 0 Å². The Kier molecular flexibility index (Phi) is 3.79. The number of rotatable bonds is 5. The van der Waals surface area contributed by atoms with Gasteiger partial charge in [-0.05, 0) is 36.0 Å². The number of nitrogens with zero attached hydrogens (tertiary/aromatic N) is 2. The average molecular weight is 290 g/mol. The van der Waals surface area contributed by atoms with Crippen LogP contribution in [0.4, 0.5) is 8.78 Å². The van der Waals surface area contributed by atoms with E-state index >= 15 is 0 Å². The SMILES string of the molecule is CC(C)c1ccccc1Cc1cc(C(F)F)nn1C1CC1. The van der Waals surface area contributed by atoms with E-state index in [2.05, 4.69) is 31.1 Å². The van der Waals surface area contributed by atoms with Crippen LogP contribution in [0.1, 0.15) is 67.6 Å². The lowest BCUT2D eigenvalue weighted by atomic mass is 9.94. The number of aromatic nitrogens is 2. The minimum absolute atomic E-state index is 0.0982. The van der Waals surface area contributed by atoms with Gasteiger partial charge in [0.15, 0.2) is 0 Å². The summed E-state index contributed by atoms with van der Waals surface area (Å²) in [6, 6.07) is 10.1. The van der Waals surface area contributed by atoms with Crippen LogP contribution < -0.4 is 0 Å². The van der Waals surface area contributed by atoms with E-state index in [4.69, 9.17) is 0 Å². The predicted molar refractivity (Wildman–Crippen MR) is 78.8 cm³/mol. The molecule has 0 saturated heterocycles. The molecule has 1 heterocycles. The summed E-state index contributed by atoms with van der Waals surface area (Å²) in [6.07, 6.45) is 0.265. The van der Waals surface area contributed by atoms with Crippen molar-refractivity contribution in [3.05, 3.63) is 52.8 Å². The Morgan fingerprint density at radius 1 is 1.24 bits per heavy atom. The van der Waals surface area contributed by atoms with Crippen LogP contribution in [0.5, 0.6) is 0 Å². The predicted octanol–water partition coefficient (Wildman–Crippen LogP) is 4.87. The van der Waals surface area contributed by atoms with E-state index in [1.54, 1.807) is 6.07 Å². The maximum atomic E-state index is 12.9. The van der Waals surface area contributed by atoms with E-state index in [0.717, 1.165) is 18.5 Å². The summed E-state index contributed by atoms with van der Waals surface area (Å²) in [7, 11) is 0. The number of alkyl halides is 2. The summed E-state index contributed by atoms with van der Waals surface area (Å²) in [5.74, 6) is 0.424. The Hall–Kier alpha value is -1.71. The molecular weight excluding hydrogens is 270 g/mol. The molecule has 0 aliphatic heterocycles. The molecule has 21 heavy (non-hydrogen) atoms. The van der Waals surface area contributed by atoms with Crippen LogP contribution in [0, 0.1) is 0 Å². The highest BCUT2D eigenvalue weighted by Gasteiger charge is 2.28. The fourth-order valence-corrected chi connectivity index (χ4v) is 2.78. The first kappa shape index (κ1) is 14.2. The molecule has 0 N–H and O–H groups in total. The van der Waals surface area contributed by atoms with Gasteiger partial charge >= 0.3 is 0 Å². The smallest absolute Gasteiger partial charge is 0.266 e. The van der Waals surface area contributed by atoms with E-state index < -0.39 is 6.43 Å². The summed E-state index contributed by atoms with van der Waals surface area (Å²) < 4.78 is 27.6. The number of halogens is 2. The topological polar surface area (TPSA) is 17.8 Å². The van der Waals surface area contributed by atoms with Crippen LogP contribution in [-0.2, 0) is 6.42 Å². The van der Waals surface area contributed by atoms with Gasteiger partial charge in [-0.3, -0.25) is 4.68 Å². The number of hydrogen-bond donors (Lipinski definition) is 0. The van der Waals surface area contributed by atoms with Gasteiger partial charge in [0.05, 0.1) is 6.04 Å². The Morgan fingerprint density at radius 3 is 2.57 bits per heavy atom. The zero-order valence-electron chi connectivity index (χ0n) is 12.4. The maximum absolute atomic E-state index is 12.9. The van der Waals surface area contributed by atoms with Crippen molar-refractivity contribution in [3.8, 4) is 0 Å². The molecule has 2 nitrogen and oxygen atoms in total. The van der Waals surface area contributed by atoms with Crippen molar-refractivity contribution in [2.45, 2.75) is 51.5 Å². The van der Waals surface area contributed by atoms with Crippen molar-refractivity contribution < 1.29 is 8.78 Å². The zero-order valence-corrected chi connectivity index (χ0v) is 12.4. The van der Waals surface area contributed by atoms with E-state index in [1.165, 1.54) is 11.1 Å². The summed E-state index contributed by atoms with van der Waals surface area (Å²) in [5, 5.41) is 4.11. The van der Waals surface area contributed by atoms with Gasteiger partial charge in [-0.1, -0.05) is 38.1 Å². The van der Waals surface area contributed by atoms with Crippen LogP contribution in [0.3, 0.4) is 0 Å². The van der Waals surface area contributed by atoms with Crippen LogP contribution in [0.2, 0.25) is 0 Å². The molecule has 112 valence electrons.